The van der Waals surface area contributed by atoms with Gasteiger partial charge in [0.1, 0.15) is 29.5 Å². The van der Waals surface area contributed by atoms with E-state index in [2.05, 4.69) is 5.32 Å². The van der Waals surface area contributed by atoms with Crippen LogP contribution in [0.2, 0.25) is 0 Å². The van der Waals surface area contributed by atoms with Crippen LogP contribution in [0.25, 0.3) is 0 Å². The largest absolute Gasteiger partial charge is 0.514 e. The maximum absolute atomic E-state index is 13.6. The molecule has 1 N–H and O–H groups in total. The number of anilines is 1. The molecule has 0 radical (unpaired) electrons. The minimum absolute atomic E-state index is 0.0224. The van der Waals surface area contributed by atoms with Gasteiger partial charge in [-0.05, 0) is 38.1 Å². The number of halogens is 1. The lowest BCUT2D eigenvalue weighted by molar-refractivity contribution is -0.384. The fraction of sp³-hybridized carbons (Fsp3) is 0.286. The van der Waals surface area contributed by atoms with Crippen molar-refractivity contribution in [2.45, 2.75) is 32.1 Å². The van der Waals surface area contributed by atoms with Crippen molar-refractivity contribution in [3.8, 4) is 11.5 Å². The van der Waals surface area contributed by atoms with Gasteiger partial charge in [-0.1, -0.05) is 0 Å². The highest BCUT2D eigenvalue weighted by Gasteiger charge is 2.37. The molecule has 0 aromatic heterocycles. The summed E-state index contributed by atoms with van der Waals surface area (Å²) in [6.07, 6.45) is -3.37. The summed E-state index contributed by atoms with van der Waals surface area (Å²) >= 11 is 0. The molecule has 174 valence electrons. The second-order valence-electron chi connectivity index (χ2n) is 7.18. The molecule has 0 aliphatic carbocycles. The SMILES string of the molecule is C[C@H](OC(=O)Oc1ccc([N+](=O)[O-])cc1)C(=O)N[C@@H]1C(=O)N(C)c2cc(F)ccc2O[C@@H]1C. The van der Waals surface area contributed by atoms with Gasteiger partial charge in [0.05, 0.1) is 10.6 Å². The number of hydrogen-bond donors (Lipinski definition) is 1. The number of amides is 2. The summed E-state index contributed by atoms with van der Waals surface area (Å²) in [6, 6.07) is 7.24. The molecule has 33 heavy (non-hydrogen) atoms. The van der Waals surface area contributed by atoms with Crippen molar-refractivity contribution in [3.63, 3.8) is 0 Å². The second-order valence-corrected chi connectivity index (χ2v) is 7.18. The first-order valence-corrected chi connectivity index (χ1v) is 9.74. The lowest BCUT2D eigenvalue weighted by Gasteiger charge is -2.25. The molecule has 0 fully saturated rings. The van der Waals surface area contributed by atoms with Gasteiger partial charge in [0.15, 0.2) is 6.10 Å². The van der Waals surface area contributed by atoms with Crippen LogP contribution in [0.5, 0.6) is 11.5 Å². The molecule has 0 bridgehead atoms. The van der Waals surface area contributed by atoms with E-state index < -0.39 is 47.0 Å². The Morgan fingerprint density at radius 1 is 1.24 bits per heavy atom. The number of rotatable bonds is 5. The van der Waals surface area contributed by atoms with Gasteiger partial charge in [0.25, 0.3) is 17.5 Å². The van der Waals surface area contributed by atoms with E-state index in [-0.39, 0.29) is 22.9 Å². The Balaban J connectivity index is 1.62. The Morgan fingerprint density at radius 2 is 1.91 bits per heavy atom. The number of hydrogen-bond acceptors (Lipinski definition) is 8. The Bertz CT molecular complexity index is 1090. The van der Waals surface area contributed by atoms with E-state index in [0.29, 0.717) is 0 Å². The number of nitro benzene ring substituents is 1. The molecule has 3 rings (SSSR count). The van der Waals surface area contributed by atoms with Crippen molar-refractivity contribution in [3.05, 3.63) is 58.4 Å². The van der Waals surface area contributed by atoms with Crippen LogP contribution in [0.3, 0.4) is 0 Å². The molecular formula is C21H20FN3O8. The Hall–Kier alpha value is -4.22. The topological polar surface area (TPSA) is 137 Å². The number of non-ortho nitro benzene ring substituents is 1. The van der Waals surface area contributed by atoms with Gasteiger partial charge in [0.2, 0.25) is 0 Å². The Labute approximate surface area is 187 Å². The maximum atomic E-state index is 13.6. The monoisotopic (exact) mass is 461 g/mol. The average molecular weight is 461 g/mol. The van der Waals surface area contributed by atoms with Crippen LogP contribution in [0.15, 0.2) is 42.5 Å². The second kappa shape index (κ2) is 9.51. The van der Waals surface area contributed by atoms with Crippen molar-refractivity contribution in [2.24, 2.45) is 0 Å². The lowest BCUT2D eigenvalue weighted by Crippen LogP contribution is -2.55. The highest BCUT2D eigenvalue weighted by Crippen LogP contribution is 2.33. The minimum Gasteiger partial charge on any atom is -0.486 e. The highest BCUT2D eigenvalue weighted by molar-refractivity contribution is 6.01. The number of fused-ring (bicyclic) bond motifs is 1. The van der Waals surface area contributed by atoms with Crippen LogP contribution < -0.4 is 19.7 Å². The molecule has 2 aromatic rings. The summed E-state index contributed by atoms with van der Waals surface area (Å²) < 4.78 is 29.1. The van der Waals surface area contributed by atoms with Crippen molar-refractivity contribution in [1.82, 2.24) is 5.32 Å². The molecule has 3 atom stereocenters. The van der Waals surface area contributed by atoms with E-state index in [9.17, 15) is 28.9 Å². The first-order valence-electron chi connectivity index (χ1n) is 9.74. The van der Waals surface area contributed by atoms with Crippen LogP contribution in [-0.4, -0.2) is 48.2 Å². The quantitative estimate of drug-likeness (QED) is 0.310. The van der Waals surface area contributed by atoms with Crippen molar-refractivity contribution in [1.29, 1.82) is 0 Å². The smallest absolute Gasteiger partial charge is 0.486 e. The molecule has 2 aromatic carbocycles. The predicted octanol–water partition coefficient (Wildman–Crippen LogP) is 2.57. The number of nitrogens with one attached hydrogen (secondary N) is 1. The van der Waals surface area contributed by atoms with Gasteiger partial charge in [-0.15, -0.1) is 0 Å². The average Bonchev–Trinajstić information content (AvgIpc) is 2.84. The van der Waals surface area contributed by atoms with Crippen LogP contribution in [0, 0.1) is 15.9 Å². The summed E-state index contributed by atoms with van der Waals surface area (Å²) in [5.41, 5.74) is 0.0160. The molecule has 0 unspecified atom stereocenters. The summed E-state index contributed by atoms with van der Waals surface area (Å²) in [5.74, 6) is -1.66. The zero-order chi connectivity index (χ0) is 24.3. The van der Waals surface area contributed by atoms with Gasteiger partial charge in [0, 0.05) is 25.2 Å². The summed E-state index contributed by atoms with van der Waals surface area (Å²) in [5, 5.41) is 13.1. The third-order valence-corrected chi connectivity index (χ3v) is 4.85. The van der Waals surface area contributed by atoms with Crippen LogP contribution in [0.1, 0.15) is 13.8 Å². The Morgan fingerprint density at radius 3 is 2.55 bits per heavy atom. The van der Waals surface area contributed by atoms with Crippen molar-refractivity contribution < 1.29 is 37.9 Å². The highest BCUT2D eigenvalue weighted by atomic mass is 19.1. The number of likely N-dealkylation sites (N-methyl/N-ethyl adjacent to an activating group) is 1. The zero-order valence-electron chi connectivity index (χ0n) is 17.8. The maximum Gasteiger partial charge on any atom is 0.514 e. The molecule has 1 heterocycles. The minimum atomic E-state index is -1.34. The van der Waals surface area contributed by atoms with Crippen molar-refractivity contribution in [2.75, 3.05) is 11.9 Å². The van der Waals surface area contributed by atoms with E-state index in [1.807, 2.05) is 0 Å². The predicted molar refractivity (Wildman–Crippen MR) is 111 cm³/mol. The van der Waals surface area contributed by atoms with E-state index in [1.165, 1.54) is 43.1 Å². The van der Waals surface area contributed by atoms with E-state index >= 15 is 0 Å². The molecule has 0 spiro atoms. The van der Waals surface area contributed by atoms with Crippen LogP contribution >= 0.6 is 0 Å². The van der Waals surface area contributed by atoms with Crippen molar-refractivity contribution >= 4 is 29.3 Å². The normalized spacial score (nSPS) is 18.3. The van der Waals surface area contributed by atoms with E-state index in [4.69, 9.17) is 14.2 Å². The molecule has 1 aliphatic rings. The zero-order valence-corrected chi connectivity index (χ0v) is 17.8. The van der Waals surface area contributed by atoms with Gasteiger partial charge in [-0.3, -0.25) is 19.7 Å². The molecule has 0 saturated heterocycles. The molecule has 2 amide bonds. The van der Waals surface area contributed by atoms with Gasteiger partial charge in [-0.25, -0.2) is 9.18 Å². The summed E-state index contributed by atoms with van der Waals surface area (Å²) in [6.45, 7) is 2.83. The number of nitro groups is 1. The number of carbonyl (C=O) groups excluding carboxylic acids is 3. The van der Waals surface area contributed by atoms with Crippen LogP contribution in [-0.2, 0) is 14.3 Å². The third kappa shape index (κ3) is 5.34. The summed E-state index contributed by atoms with van der Waals surface area (Å²) in [7, 11) is 1.42. The standard InChI is InChI=1S/C21H20FN3O8/c1-11-18(20(27)24(3)16-10-13(22)4-9-17(16)31-11)23-19(26)12(2)32-21(28)33-15-7-5-14(6-8-15)25(29)30/h4-12,18H,1-3H3,(H,23,26)/t11-,12+,18+/m1/s1. The van der Waals surface area contributed by atoms with Gasteiger partial charge < -0.3 is 24.4 Å². The summed E-state index contributed by atoms with van der Waals surface area (Å²) in [4.78, 5) is 48.6. The number of benzene rings is 2. The van der Waals surface area contributed by atoms with E-state index in [0.717, 1.165) is 18.2 Å². The lowest BCUT2D eigenvalue weighted by atomic mass is 10.1. The molecule has 0 saturated carbocycles. The van der Waals surface area contributed by atoms with Gasteiger partial charge in [-0.2, -0.15) is 0 Å². The first-order chi connectivity index (χ1) is 15.6. The third-order valence-electron chi connectivity index (χ3n) is 4.85. The molecule has 12 heteroatoms. The fourth-order valence-corrected chi connectivity index (χ4v) is 3.05. The fourth-order valence-electron chi connectivity index (χ4n) is 3.05. The molecule has 11 nitrogen and oxygen atoms in total. The Kier molecular flexibility index (Phi) is 6.75. The number of nitrogens with zero attached hydrogens (tertiary/aromatic N) is 2. The first kappa shape index (κ1) is 23.4. The molecular weight excluding hydrogens is 441 g/mol. The van der Waals surface area contributed by atoms with Crippen LogP contribution in [0.4, 0.5) is 20.6 Å². The van der Waals surface area contributed by atoms with E-state index in [1.54, 1.807) is 6.92 Å². The number of carbonyl (C=O) groups is 3. The van der Waals surface area contributed by atoms with Gasteiger partial charge >= 0.3 is 6.16 Å². The number of ether oxygens (including phenoxy) is 3. The molecule has 1 aliphatic heterocycles.